The van der Waals surface area contributed by atoms with E-state index >= 15 is 0 Å². The molecule has 67 valence electrons. The summed E-state index contributed by atoms with van der Waals surface area (Å²) in [5.41, 5.74) is 1.69. The Hall–Kier alpha value is 0.434. The number of hydrogen-bond donors (Lipinski definition) is 0. The lowest BCUT2D eigenvalue weighted by molar-refractivity contribution is 1.06. The van der Waals surface area contributed by atoms with Crippen molar-refractivity contribution in [3.63, 3.8) is 0 Å². The van der Waals surface area contributed by atoms with Gasteiger partial charge in [0.25, 0.3) is 0 Å². The van der Waals surface area contributed by atoms with Gasteiger partial charge in [0, 0.05) is 17.6 Å². The highest BCUT2D eigenvalue weighted by molar-refractivity contribution is 6.76. The van der Waals surface area contributed by atoms with Crippen molar-refractivity contribution in [2.24, 2.45) is 0 Å². The molecule has 0 rings (SSSR count). The minimum absolute atomic E-state index is 0.0982. The summed E-state index contributed by atoms with van der Waals surface area (Å²) < 4.78 is 0. The smallest absolute Gasteiger partial charge is 0.0415 e. The highest BCUT2D eigenvalue weighted by atomic mass is 28.3. The Morgan fingerprint density at radius 3 is 2.00 bits per heavy atom. The van der Waals surface area contributed by atoms with Crippen LogP contribution in [0.4, 0.5) is 0 Å². The van der Waals surface area contributed by atoms with Gasteiger partial charge in [-0.2, -0.15) is 0 Å². The molecule has 0 aliphatic heterocycles. The van der Waals surface area contributed by atoms with Crippen LogP contribution in [-0.2, 0) is 0 Å². The van der Waals surface area contributed by atoms with Gasteiger partial charge in [-0.05, 0) is 0 Å². The molecule has 0 fully saturated rings. The molecule has 0 nitrogen and oxygen atoms in total. The van der Waals surface area contributed by atoms with Gasteiger partial charge in [-0.3, -0.25) is 0 Å². The van der Waals surface area contributed by atoms with Gasteiger partial charge in [-0.25, -0.2) is 0 Å². The van der Waals surface area contributed by atoms with Crippen LogP contribution in [0.2, 0.25) is 30.3 Å². The predicted molar refractivity (Wildman–Crippen MR) is 59.6 cm³/mol. The first-order chi connectivity index (χ1) is 5.24. The normalized spacial score (nSPS) is 11.5. The fourth-order valence-corrected chi connectivity index (χ4v) is 10.1. The largest absolute Gasteiger partial charge is 0.0713 e. The molecule has 0 aliphatic carbocycles. The van der Waals surface area contributed by atoms with E-state index in [1.54, 1.807) is 11.7 Å². The first kappa shape index (κ1) is 11.4. The molecule has 0 N–H and O–H groups in total. The Balaban J connectivity index is 3.44. The van der Waals surface area contributed by atoms with Crippen LogP contribution >= 0.6 is 0 Å². The quantitative estimate of drug-likeness (QED) is 0.560. The fourth-order valence-electron chi connectivity index (χ4n) is 1.60. The van der Waals surface area contributed by atoms with Crippen LogP contribution < -0.4 is 0 Å². The van der Waals surface area contributed by atoms with Crippen molar-refractivity contribution in [1.82, 2.24) is 0 Å². The molecule has 0 aromatic heterocycles. The van der Waals surface area contributed by atoms with Crippen molar-refractivity contribution >= 4 is 17.6 Å². The summed E-state index contributed by atoms with van der Waals surface area (Å²) in [5, 5.41) is 0. The summed E-state index contributed by atoms with van der Waals surface area (Å²) in [5.74, 6) is 0. The maximum atomic E-state index is 2.53. The van der Waals surface area contributed by atoms with E-state index in [4.69, 9.17) is 0 Å². The lowest BCUT2D eigenvalue weighted by atomic mass is 10.6. The van der Waals surface area contributed by atoms with Crippen LogP contribution in [0.25, 0.3) is 0 Å². The summed E-state index contributed by atoms with van der Waals surface area (Å²) >= 11 is 0. The molecule has 0 amide bonds. The standard InChI is InChI=1S/C9H23Si2/c1-5-8-10(4)9-11(6-2)7-3/h11H,5-9H2,1-4H3. The summed E-state index contributed by atoms with van der Waals surface area (Å²) in [6, 6.07) is 4.61. The Bertz CT molecular complexity index is 79.6. The molecule has 0 heterocycles. The summed E-state index contributed by atoms with van der Waals surface area (Å²) in [7, 11) is -0.138. The minimum Gasteiger partial charge on any atom is -0.0713 e. The molecule has 2 heteroatoms. The van der Waals surface area contributed by atoms with E-state index in [1.165, 1.54) is 18.5 Å². The maximum absolute atomic E-state index is 2.53. The average Bonchev–Trinajstić information content (AvgIpc) is 2.01. The molecule has 0 saturated carbocycles. The third-order valence-corrected chi connectivity index (χ3v) is 11.2. The third kappa shape index (κ3) is 5.68. The monoisotopic (exact) mass is 187 g/mol. The van der Waals surface area contributed by atoms with Crippen molar-refractivity contribution in [3.8, 4) is 0 Å². The molecule has 11 heavy (non-hydrogen) atoms. The maximum Gasteiger partial charge on any atom is 0.0415 e. The van der Waals surface area contributed by atoms with E-state index < -0.39 is 0 Å². The van der Waals surface area contributed by atoms with Gasteiger partial charge >= 0.3 is 0 Å². The first-order valence-electron chi connectivity index (χ1n) is 5.05. The van der Waals surface area contributed by atoms with Gasteiger partial charge in [-0.1, -0.05) is 57.5 Å². The van der Waals surface area contributed by atoms with Crippen LogP contribution in [0.15, 0.2) is 0 Å². The predicted octanol–water partition coefficient (Wildman–Crippen LogP) is 3.33. The van der Waals surface area contributed by atoms with Gasteiger partial charge in [-0.15, -0.1) is 0 Å². The van der Waals surface area contributed by atoms with Crippen LogP contribution in [-0.4, -0.2) is 17.6 Å². The number of rotatable bonds is 6. The SMILES string of the molecule is CCC[Si](C)C[SiH](CC)CC. The van der Waals surface area contributed by atoms with Gasteiger partial charge in [0.05, 0.1) is 0 Å². The van der Waals surface area contributed by atoms with Crippen molar-refractivity contribution in [3.05, 3.63) is 0 Å². The van der Waals surface area contributed by atoms with Gasteiger partial charge in [0.2, 0.25) is 0 Å². The van der Waals surface area contributed by atoms with Crippen molar-refractivity contribution < 1.29 is 0 Å². The van der Waals surface area contributed by atoms with Gasteiger partial charge in [0.1, 0.15) is 0 Å². The molecule has 0 aromatic rings. The Labute approximate surface area is 75.6 Å². The topological polar surface area (TPSA) is 0 Å². The van der Waals surface area contributed by atoms with Gasteiger partial charge < -0.3 is 0 Å². The molecule has 0 unspecified atom stereocenters. The van der Waals surface area contributed by atoms with Crippen LogP contribution in [0.5, 0.6) is 0 Å². The van der Waals surface area contributed by atoms with Crippen LogP contribution in [0.1, 0.15) is 27.2 Å². The molecule has 0 saturated heterocycles. The van der Waals surface area contributed by atoms with Crippen molar-refractivity contribution in [2.75, 3.05) is 0 Å². The van der Waals surface area contributed by atoms with E-state index in [9.17, 15) is 0 Å². The molecule has 0 spiro atoms. The minimum atomic E-state index is -0.236. The first-order valence-corrected chi connectivity index (χ1v) is 9.92. The molecule has 0 atom stereocenters. The Kier molecular flexibility index (Phi) is 7.38. The zero-order valence-electron chi connectivity index (χ0n) is 8.61. The van der Waals surface area contributed by atoms with Crippen molar-refractivity contribution in [2.45, 2.75) is 57.5 Å². The second-order valence-electron chi connectivity index (χ2n) is 3.59. The Morgan fingerprint density at radius 2 is 1.64 bits per heavy atom. The zero-order chi connectivity index (χ0) is 8.69. The second-order valence-corrected chi connectivity index (χ2v) is 11.0. The zero-order valence-corrected chi connectivity index (χ0v) is 10.8. The van der Waals surface area contributed by atoms with Crippen LogP contribution in [0.3, 0.4) is 0 Å². The Morgan fingerprint density at radius 1 is 1.09 bits per heavy atom. The van der Waals surface area contributed by atoms with E-state index in [2.05, 4.69) is 27.3 Å². The molecular formula is C9H23Si2. The van der Waals surface area contributed by atoms with Crippen LogP contribution in [0, 0.1) is 0 Å². The molecule has 0 bridgehead atoms. The van der Waals surface area contributed by atoms with E-state index in [0.29, 0.717) is 0 Å². The molecule has 1 radical (unpaired) electrons. The highest BCUT2D eigenvalue weighted by Crippen LogP contribution is 2.10. The summed E-state index contributed by atoms with van der Waals surface area (Å²) in [6.07, 6.45) is 1.42. The molecule has 0 aliphatic rings. The van der Waals surface area contributed by atoms with Gasteiger partial charge in [0.15, 0.2) is 0 Å². The summed E-state index contributed by atoms with van der Waals surface area (Å²) in [6.45, 7) is 9.63. The fraction of sp³-hybridized carbons (Fsp3) is 1.00. The average molecular weight is 187 g/mol. The lowest BCUT2D eigenvalue weighted by Gasteiger charge is -2.14. The van der Waals surface area contributed by atoms with E-state index in [-0.39, 0.29) is 17.6 Å². The van der Waals surface area contributed by atoms with Crippen molar-refractivity contribution in [1.29, 1.82) is 0 Å². The molecular weight excluding hydrogens is 164 g/mol. The summed E-state index contributed by atoms with van der Waals surface area (Å²) in [4.78, 5) is 0. The highest BCUT2D eigenvalue weighted by Gasteiger charge is 2.11. The lowest BCUT2D eigenvalue weighted by Crippen LogP contribution is -2.19. The van der Waals surface area contributed by atoms with E-state index in [1.807, 2.05) is 0 Å². The third-order valence-electron chi connectivity index (χ3n) is 2.47. The molecule has 0 aromatic carbocycles. The number of hydrogen-bond acceptors (Lipinski definition) is 0. The second kappa shape index (κ2) is 7.10. The van der Waals surface area contributed by atoms with E-state index in [0.717, 1.165) is 0 Å².